The van der Waals surface area contributed by atoms with Gasteiger partial charge in [0, 0.05) is 21.7 Å². The third kappa shape index (κ3) is 2.85. The molecule has 1 aromatic carbocycles. The Morgan fingerprint density at radius 2 is 2.07 bits per heavy atom. The van der Waals surface area contributed by atoms with Gasteiger partial charge < -0.3 is 15.8 Å². The van der Waals surface area contributed by atoms with Crippen molar-refractivity contribution < 1.29 is 9.53 Å². The van der Waals surface area contributed by atoms with Crippen molar-refractivity contribution in [3.63, 3.8) is 0 Å². The number of aromatic nitrogens is 1. The van der Waals surface area contributed by atoms with Crippen LogP contribution in [0.15, 0.2) is 24.3 Å². The number of amides is 1. The Hall–Kier alpha value is -3.15. The number of ether oxygens (including phenoxy) is 1. The summed E-state index contributed by atoms with van der Waals surface area (Å²) in [5.41, 5.74) is 8.81. The van der Waals surface area contributed by atoms with Crippen LogP contribution in [0.25, 0.3) is 21.1 Å². The second kappa shape index (κ2) is 6.78. The lowest BCUT2D eigenvalue weighted by atomic mass is 10.1. The lowest BCUT2D eigenvalue weighted by Gasteiger charge is -2.03. The molecule has 4 aromatic rings. The zero-order valence-corrected chi connectivity index (χ0v) is 17.0. The Morgan fingerprint density at radius 3 is 2.79 bits per heavy atom. The van der Waals surface area contributed by atoms with Crippen LogP contribution in [0.1, 0.15) is 25.7 Å². The summed E-state index contributed by atoms with van der Waals surface area (Å²) in [6, 6.07) is 9.71. The van der Waals surface area contributed by atoms with Crippen LogP contribution in [0.3, 0.4) is 0 Å². The van der Waals surface area contributed by atoms with Crippen molar-refractivity contribution in [2.24, 2.45) is 0 Å². The molecule has 0 radical (unpaired) electrons. The van der Waals surface area contributed by atoms with Crippen LogP contribution in [0.5, 0.6) is 5.75 Å². The molecule has 3 heterocycles. The van der Waals surface area contributed by atoms with Gasteiger partial charge in [-0.15, -0.1) is 22.7 Å². The molecule has 3 aromatic heterocycles. The fourth-order valence-electron chi connectivity index (χ4n) is 2.98. The number of anilines is 2. The molecule has 28 heavy (non-hydrogen) atoms. The molecule has 1 amide bonds. The number of carbonyl (C=O) groups excluding carboxylic acids is 1. The lowest BCUT2D eigenvalue weighted by molar-refractivity contribution is 0.103. The van der Waals surface area contributed by atoms with Gasteiger partial charge in [0.25, 0.3) is 5.91 Å². The Labute approximate surface area is 169 Å². The van der Waals surface area contributed by atoms with E-state index in [-0.39, 0.29) is 5.91 Å². The van der Waals surface area contributed by atoms with Crippen molar-refractivity contribution in [2.45, 2.75) is 13.8 Å². The van der Waals surface area contributed by atoms with E-state index in [2.05, 4.69) is 16.4 Å². The summed E-state index contributed by atoms with van der Waals surface area (Å²) in [4.78, 5) is 19.6. The van der Waals surface area contributed by atoms with Gasteiger partial charge in [-0.3, -0.25) is 4.79 Å². The SMILES string of the molecule is COc1ccc2cc3c(N)c(C(=O)Nc4sc(C)c(C)c4C#N)sc3nc2c1. The summed E-state index contributed by atoms with van der Waals surface area (Å²) in [5.74, 6) is 0.384. The number of methoxy groups -OCH3 is 1. The van der Waals surface area contributed by atoms with Gasteiger partial charge in [0.1, 0.15) is 26.5 Å². The Kier molecular flexibility index (Phi) is 4.41. The summed E-state index contributed by atoms with van der Waals surface area (Å²) in [6.07, 6.45) is 0. The number of pyridine rings is 1. The molecular weight excluding hydrogens is 392 g/mol. The van der Waals surface area contributed by atoms with Crippen molar-refractivity contribution >= 4 is 60.4 Å². The minimum Gasteiger partial charge on any atom is -0.497 e. The molecule has 0 spiro atoms. The van der Waals surface area contributed by atoms with E-state index in [1.165, 1.54) is 22.7 Å². The standard InChI is InChI=1S/C20H16N4O2S2/c1-9-10(2)27-20(14(9)8-21)24-18(25)17-16(22)13-6-11-4-5-12(26-3)7-15(11)23-19(13)28-17/h4-7H,22H2,1-3H3,(H,24,25). The smallest absolute Gasteiger partial charge is 0.268 e. The highest BCUT2D eigenvalue weighted by Crippen LogP contribution is 2.37. The van der Waals surface area contributed by atoms with Crippen LogP contribution < -0.4 is 15.8 Å². The van der Waals surface area contributed by atoms with Gasteiger partial charge in [-0.2, -0.15) is 5.26 Å². The quantitative estimate of drug-likeness (QED) is 0.505. The first-order chi connectivity index (χ1) is 13.4. The number of hydrogen-bond donors (Lipinski definition) is 2. The van der Waals surface area contributed by atoms with Gasteiger partial charge in [0.2, 0.25) is 0 Å². The molecule has 0 aliphatic heterocycles. The Bertz CT molecular complexity index is 1300. The zero-order chi connectivity index (χ0) is 20.0. The number of nitrogens with two attached hydrogens (primary N) is 1. The number of rotatable bonds is 3. The first-order valence-electron chi connectivity index (χ1n) is 8.41. The number of aryl methyl sites for hydroxylation is 1. The normalized spacial score (nSPS) is 10.9. The summed E-state index contributed by atoms with van der Waals surface area (Å²) < 4.78 is 5.25. The number of nitrogens with zero attached hydrogens (tertiary/aromatic N) is 2. The average Bonchev–Trinajstić information content (AvgIpc) is 3.15. The van der Waals surface area contributed by atoms with Gasteiger partial charge in [-0.25, -0.2) is 4.98 Å². The monoisotopic (exact) mass is 408 g/mol. The molecule has 0 unspecified atom stereocenters. The van der Waals surface area contributed by atoms with E-state index >= 15 is 0 Å². The highest BCUT2D eigenvalue weighted by atomic mass is 32.1. The first-order valence-corrected chi connectivity index (χ1v) is 10.0. The van der Waals surface area contributed by atoms with E-state index in [1.54, 1.807) is 7.11 Å². The van der Waals surface area contributed by atoms with E-state index in [0.29, 0.717) is 31.7 Å². The molecule has 6 nitrogen and oxygen atoms in total. The molecule has 4 rings (SSSR count). The summed E-state index contributed by atoms with van der Waals surface area (Å²) >= 11 is 2.62. The van der Waals surface area contributed by atoms with Crippen LogP contribution in [0.4, 0.5) is 10.7 Å². The van der Waals surface area contributed by atoms with E-state index < -0.39 is 0 Å². The van der Waals surface area contributed by atoms with Crippen LogP contribution in [0, 0.1) is 25.2 Å². The van der Waals surface area contributed by atoms with Crippen molar-refractivity contribution in [3.8, 4) is 11.8 Å². The number of nitrogens with one attached hydrogen (secondary N) is 1. The predicted octanol–water partition coefficient (Wildman–Crippen LogP) is 4.84. The van der Waals surface area contributed by atoms with Crippen molar-refractivity contribution in [1.82, 2.24) is 4.98 Å². The van der Waals surface area contributed by atoms with Crippen LogP contribution >= 0.6 is 22.7 Å². The number of carbonyl (C=O) groups is 1. The minimum absolute atomic E-state index is 0.333. The number of benzene rings is 1. The maximum Gasteiger partial charge on any atom is 0.268 e. The van der Waals surface area contributed by atoms with Gasteiger partial charge >= 0.3 is 0 Å². The highest BCUT2D eigenvalue weighted by Gasteiger charge is 2.21. The number of fused-ring (bicyclic) bond motifs is 2. The topological polar surface area (TPSA) is 101 Å². The number of nitrogen functional groups attached to an aromatic ring is 1. The Balaban J connectivity index is 1.77. The van der Waals surface area contributed by atoms with E-state index in [9.17, 15) is 10.1 Å². The van der Waals surface area contributed by atoms with Crippen LogP contribution in [-0.2, 0) is 0 Å². The van der Waals surface area contributed by atoms with Crippen molar-refractivity contribution in [3.05, 3.63) is 45.1 Å². The molecule has 3 N–H and O–H groups in total. The van der Waals surface area contributed by atoms with Crippen molar-refractivity contribution in [1.29, 1.82) is 5.26 Å². The van der Waals surface area contributed by atoms with Crippen LogP contribution in [0.2, 0.25) is 0 Å². The number of thiophene rings is 2. The molecule has 0 atom stereocenters. The fourth-order valence-corrected chi connectivity index (χ4v) is 4.96. The average molecular weight is 409 g/mol. The Morgan fingerprint density at radius 1 is 1.29 bits per heavy atom. The molecule has 140 valence electrons. The lowest BCUT2D eigenvalue weighted by Crippen LogP contribution is -2.11. The number of hydrogen-bond acceptors (Lipinski definition) is 7. The fraction of sp³-hybridized carbons (Fsp3) is 0.150. The zero-order valence-electron chi connectivity index (χ0n) is 15.4. The van der Waals surface area contributed by atoms with Gasteiger partial charge in [-0.1, -0.05) is 0 Å². The third-order valence-electron chi connectivity index (χ3n) is 4.65. The molecule has 0 saturated heterocycles. The van der Waals surface area contributed by atoms with Gasteiger partial charge in [0.15, 0.2) is 0 Å². The molecular formula is C20H16N4O2S2. The molecule has 0 bridgehead atoms. The molecule has 0 fully saturated rings. The predicted molar refractivity (Wildman–Crippen MR) is 115 cm³/mol. The summed E-state index contributed by atoms with van der Waals surface area (Å²) in [6.45, 7) is 3.80. The van der Waals surface area contributed by atoms with E-state index in [0.717, 1.165) is 26.7 Å². The summed E-state index contributed by atoms with van der Waals surface area (Å²) in [7, 11) is 1.61. The maximum absolute atomic E-state index is 12.9. The highest BCUT2D eigenvalue weighted by molar-refractivity contribution is 7.21. The van der Waals surface area contributed by atoms with Gasteiger partial charge in [0.05, 0.1) is 23.9 Å². The second-order valence-electron chi connectivity index (χ2n) is 6.30. The second-order valence-corrected chi connectivity index (χ2v) is 8.52. The van der Waals surface area contributed by atoms with Crippen LogP contribution in [-0.4, -0.2) is 18.0 Å². The van der Waals surface area contributed by atoms with E-state index in [1.807, 2.05) is 38.1 Å². The first kappa shape index (κ1) is 18.2. The van der Waals surface area contributed by atoms with Crippen molar-refractivity contribution in [2.75, 3.05) is 18.2 Å². The van der Waals surface area contributed by atoms with Gasteiger partial charge in [-0.05, 0) is 37.6 Å². The summed E-state index contributed by atoms with van der Waals surface area (Å²) in [5, 5.41) is 14.4. The molecule has 0 aliphatic rings. The number of nitriles is 1. The molecule has 8 heteroatoms. The maximum atomic E-state index is 12.9. The molecule has 0 aliphatic carbocycles. The van der Waals surface area contributed by atoms with E-state index in [4.69, 9.17) is 10.5 Å². The third-order valence-corrected chi connectivity index (χ3v) is 6.89. The minimum atomic E-state index is -0.333. The largest absolute Gasteiger partial charge is 0.497 e. The molecule has 0 saturated carbocycles.